The average molecular weight is 313 g/mol. The minimum absolute atomic E-state index is 0.200. The molecule has 0 fully saturated rings. The van der Waals surface area contributed by atoms with E-state index in [1.807, 2.05) is 24.3 Å². The summed E-state index contributed by atoms with van der Waals surface area (Å²) >= 11 is 1.41. The molecule has 22 heavy (non-hydrogen) atoms. The van der Waals surface area contributed by atoms with Gasteiger partial charge in [-0.1, -0.05) is 30.3 Å². The highest BCUT2D eigenvalue weighted by molar-refractivity contribution is 7.19. The van der Waals surface area contributed by atoms with Crippen LogP contribution in [0.3, 0.4) is 0 Å². The highest BCUT2D eigenvalue weighted by atomic mass is 32.1. The Morgan fingerprint density at radius 3 is 2.64 bits per heavy atom. The Labute approximate surface area is 130 Å². The van der Waals surface area contributed by atoms with E-state index in [0.717, 1.165) is 10.2 Å². The first-order valence-electron chi connectivity index (χ1n) is 6.66. The lowest BCUT2D eigenvalue weighted by molar-refractivity contribution is -0.135. The first kappa shape index (κ1) is 14.4. The number of benzene rings is 2. The van der Waals surface area contributed by atoms with Crippen LogP contribution < -0.4 is 0 Å². The maximum absolute atomic E-state index is 13.8. The molecule has 110 valence electrons. The molecule has 0 saturated carbocycles. The van der Waals surface area contributed by atoms with E-state index in [2.05, 4.69) is 4.98 Å². The summed E-state index contributed by atoms with van der Waals surface area (Å²) in [5, 5.41) is 9.71. The van der Waals surface area contributed by atoms with Gasteiger partial charge in [0.1, 0.15) is 10.8 Å². The summed E-state index contributed by atoms with van der Waals surface area (Å²) in [5.74, 6) is -1.35. The Morgan fingerprint density at radius 1 is 1.18 bits per heavy atom. The van der Waals surface area contributed by atoms with E-state index in [0.29, 0.717) is 16.1 Å². The fraction of sp³-hybridized carbons (Fsp3) is 0.0588. The third-order valence-corrected chi connectivity index (χ3v) is 4.26. The Hall–Kier alpha value is -2.53. The number of carboxylic acid groups (broad SMARTS) is 1. The van der Waals surface area contributed by atoms with E-state index in [1.165, 1.54) is 17.4 Å². The lowest BCUT2D eigenvalue weighted by Crippen LogP contribution is -1.97. The van der Waals surface area contributed by atoms with Crippen molar-refractivity contribution in [3.63, 3.8) is 0 Å². The first-order chi connectivity index (χ1) is 10.6. The van der Waals surface area contributed by atoms with E-state index in [4.69, 9.17) is 5.11 Å². The topological polar surface area (TPSA) is 50.2 Å². The number of rotatable bonds is 4. The van der Waals surface area contributed by atoms with E-state index < -0.39 is 5.97 Å². The number of fused-ring (bicyclic) bond motifs is 1. The van der Waals surface area contributed by atoms with Gasteiger partial charge in [-0.2, -0.15) is 0 Å². The first-order valence-corrected chi connectivity index (χ1v) is 7.48. The number of halogens is 1. The Balaban J connectivity index is 2.10. The highest BCUT2D eigenvalue weighted by Gasteiger charge is 2.13. The van der Waals surface area contributed by atoms with Crippen LogP contribution in [-0.4, -0.2) is 16.1 Å². The van der Waals surface area contributed by atoms with Crippen molar-refractivity contribution >= 4 is 39.2 Å². The van der Waals surface area contributed by atoms with Crippen LogP contribution in [0, 0.1) is 5.82 Å². The number of aliphatic carboxylic acids is 1. The zero-order valence-electron chi connectivity index (χ0n) is 11.5. The summed E-state index contributed by atoms with van der Waals surface area (Å²) in [5.41, 5.74) is 1.67. The monoisotopic (exact) mass is 313 g/mol. The molecule has 0 bridgehead atoms. The Bertz CT molecular complexity index is 837. The van der Waals surface area contributed by atoms with E-state index in [1.54, 1.807) is 24.3 Å². The van der Waals surface area contributed by atoms with Crippen LogP contribution in [-0.2, 0) is 4.79 Å². The molecule has 0 unspecified atom stereocenters. The largest absolute Gasteiger partial charge is 0.481 e. The van der Waals surface area contributed by atoms with Gasteiger partial charge in [-0.15, -0.1) is 11.3 Å². The Kier molecular flexibility index (Phi) is 3.98. The van der Waals surface area contributed by atoms with Crippen LogP contribution in [0.2, 0.25) is 0 Å². The second kappa shape index (κ2) is 6.07. The summed E-state index contributed by atoms with van der Waals surface area (Å²) < 4.78 is 14.8. The Morgan fingerprint density at radius 2 is 1.91 bits per heavy atom. The fourth-order valence-electron chi connectivity index (χ4n) is 2.14. The van der Waals surface area contributed by atoms with E-state index in [-0.39, 0.29) is 12.2 Å². The molecule has 0 aliphatic rings. The number of nitrogens with zero attached hydrogens (tertiary/aromatic N) is 1. The zero-order chi connectivity index (χ0) is 15.5. The number of para-hydroxylation sites is 1. The average Bonchev–Trinajstić information content (AvgIpc) is 2.92. The molecule has 0 aliphatic carbocycles. The number of hydrogen-bond acceptors (Lipinski definition) is 3. The van der Waals surface area contributed by atoms with Gasteiger partial charge in [0.25, 0.3) is 0 Å². The van der Waals surface area contributed by atoms with Crippen molar-refractivity contribution in [2.24, 2.45) is 0 Å². The molecule has 0 saturated heterocycles. The van der Waals surface area contributed by atoms with Crippen LogP contribution in [0.15, 0.2) is 48.5 Å². The molecule has 0 aliphatic heterocycles. The van der Waals surface area contributed by atoms with Crippen LogP contribution in [0.1, 0.15) is 17.0 Å². The second-order valence-corrected chi connectivity index (χ2v) is 5.78. The number of thiazole rings is 1. The summed E-state index contributed by atoms with van der Waals surface area (Å²) in [6, 6.07) is 13.9. The van der Waals surface area contributed by atoms with Gasteiger partial charge in [-0.25, -0.2) is 9.37 Å². The minimum atomic E-state index is -0.971. The summed E-state index contributed by atoms with van der Waals surface area (Å²) in [7, 11) is 0. The molecule has 3 aromatic rings. The van der Waals surface area contributed by atoms with Gasteiger partial charge in [0.05, 0.1) is 16.6 Å². The highest BCUT2D eigenvalue weighted by Crippen LogP contribution is 2.30. The molecule has 3 rings (SSSR count). The summed E-state index contributed by atoms with van der Waals surface area (Å²) in [6.45, 7) is 0. The van der Waals surface area contributed by atoms with Crippen LogP contribution in [0.25, 0.3) is 21.9 Å². The molecule has 2 aromatic carbocycles. The smallest absolute Gasteiger partial charge is 0.307 e. The van der Waals surface area contributed by atoms with Crippen LogP contribution in [0.5, 0.6) is 0 Å². The van der Waals surface area contributed by atoms with Crippen LogP contribution in [0.4, 0.5) is 4.39 Å². The number of hydrogen-bond donors (Lipinski definition) is 1. The molecule has 0 radical (unpaired) electrons. The normalized spacial score (nSPS) is 11.8. The molecular formula is C17H12FNO2S. The molecule has 1 heterocycles. The molecule has 0 spiro atoms. The predicted molar refractivity (Wildman–Crippen MR) is 86.1 cm³/mol. The lowest BCUT2D eigenvalue weighted by atomic mass is 10.1. The van der Waals surface area contributed by atoms with Crippen molar-refractivity contribution in [3.8, 4) is 0 Å². The van der Waals surface area contributed by atoms with Gasteiger partial charge in [0, 0.05) is 5.56 Å². The fourth-order valence-corrected chi connectivity index (χ4v) is 3.12. The van der Waals surface area contributed by atoms with Crippen LogP contribution >= 0.6 is 11.3 Å². The molecule has 3 nitrogen and oxygen atoms in total. The van der Waals surface area contributed by atoms with Gasteiger partial charge in [0.2, 0.25) is 0 Å². The molecule has 1 aromatic heterocycles. The summed E-state index contributed by atoms with van der Waals surface area (Å²) in [6.07, 6.45) is 1.36. The lowest BCUT2D eigenvalue weighted by Gasteiger charge is -2.02. The van der Waals surface area contributed by atoms with Crippen molar-refractivity contribution in [3.05, 3.63) is 64.9 Å². The van der Waals surface area contributed by atoms with Gasteiger partial charge >= 0.3 is 5.97 Å². The van der Waals surface area contributed by atoms with Gasteiger partial charge in [-0.3, -0.25) is 4.79 Å². The van der Waals surface area contributed by atoms with Gasteiger partial charge in [-0.05, 0) is 29.8 Å². The maximum Gasteiger partial charge on any atom is 0.307 e. The molecule has 5 heteroatoms. The number of carboxylic acids is 1. The zero-order valence-corrected chi connectivity index (χ0v) is 12.3. The number of carbonyl (C=O) groups is 1. The van der Waals surface area contributed by atoms with Crippen molar-refractivity contribution in [2.75, 3.05) is 0 Å². The van der Waals surface area contributed by atoms with E-state index >= 15 is 0 Å². The van der Waals surface area contributed by atoms with Crippen molar-refractivity contribution in [1.82, 2.24) is 4.98 Å². The third kappa shape index (κ3) is 3.04. The standard InChI is InChI=1S/C17H12FNO2S/c18-13-6-2-1-5-11(13)9-12(10-16(20)21)17-19-14-7-3-4-8-15(14)22-17/h1-9H,10H2,(H,20,21). The number of aromatic nitrogens is 1. The van der Waals surface area contributed by atoms with Gasteiger partial charge in [0.15, 0.2) is 0 Å². The molecule has 0 amide bonds. The quantitative estimate of drug-likeness (QED) is 0.774. The molecule has 1 N–H and O–H groups in total. The molecule has 0 atom stereocenters. The third-order valence-electron chi connectivity index (χ3n) is 3.15. The predicted octanol–water partition coefficient (Wildman–Crippen LogP) is 4.45. The minimum Gasteiger partial charge on any atom is -0.481 e. The van der Waals surface area contributed by atoms with Gasteiger partial charge < -0.3 is 5.11 Å². The molecular weight excluding hydrogens is 301 g/mol. The van der Waals surface area contributed by atoms with Crippen molar-refractivity contribution < 1.29 is 14.3 Å². The summed E-state index contributed by atoms with van der Waals surface area (Å²) in [4.78, 5) is 15.6. The maximum atomic E-state index is 13.8. The van der Waals surface area contributed by atoms with Crippen molar-refractivity contribution in [1.29, 1.82) is 0 Å². The second-order valence-electron chi connectivity index (χ2n) is 4.75. The van der Waals surface area contributed by atoms with Crippen molar-refractivity contribution in [2.45, 2.75) is 6.42 Å². The SMILES string of the molecule is O=C(O)CC(=Cc1ccccc1F)c1nc2ccccc2s1. The van der Waals surface area contributed by atoms with E-state index in [9.17, 15) is 9.18 Å².